The summed E-state index contributed by atoms with van der Waals surface area (Å²) in [5.41, 5.74) is 0.497. The Morgan fingerprint density at radius 2 is 1.88 bits per heavy atom. The van der Waals surface area contributed by atoms with E-state index < -0.39 is 11.6 Å². The minimum absolute atomic E-state index is 0.119. The van der Waals surface area contributed by atoms with Crippen molar-refractivity contribution >= 4 is 0 Å². The summed E-state index contributed by atoms with van der Waals surface area (Å²) in [6.45, 7) is -0.200. The number of aliphatic hydroxyl groups is 1. The van der Waals surface area contributed by atoms with Gasteiger partial charge in [0.1, 0.15) is 5.82 Å². The van der Waals surface area contributed by atoms with E-state index in [0.717, 1.165) is 18.2 Å². The van der Waals surface area contributed by atoms with Crippen LogP contribution in [0.2, 0.25) is 0 Å². The van der Waals surface area contributed by atoms with E-state index in [-0.39, 0.29) is 18.4 Å². The third-order valence-electron chi connectivity index (χ3n) is 1.96. The summed E-state index contributed by atoms with van der Waals surface area (Å²) in [6.07, 6.45) is 2.67. The summed E-state index contributed by atoms with van der Waals surface area (Å²) in [7, 11) is 0. The molecule has 1 heterocycles. The van der Waals surface area contributed by atoms with Crippen molar-refractivity contribution < 1.29 is 18.6 Å². The molecule has 1 aromatic heterocycles. The molecule has 0 atom stereocenters. The monoisotopic (exact) mass is 238 g/mol. The minimum Gasteiger partial charge on any atom is -0.421 e. The second kappa shape index (κ2) is 4.84. The van der Waals surface area contributed by atoms with Gasteiger partial charge in [0.15, 0.2) is 11.6 Å². The lowest BCUT2D eigenvalue weighted by atomic mass is 10.3. The molecule has 1 aromatic carbocycles. The zero-order chi connectivity index (χ0) is 12.3. The first kappa shape index (κ1) is 11.4. The largest absolute Gasteiger partial charge is 0.421 e. The number of hydrogen-bond donors (Lipinski definition) is 1. The van der Waals surface area contributed by atoms with Gasteiger partial charge in [-0.25, -0.2) is 18.7 Å². The van der Waals surface area contributed by atoms with Crippen LogP contribution in [0.5, 0.6) is 11.8 Å². The van der Waals surface area contributed by atoms with Crippen LogP contribution in [0.4, 0.5) is 8.78 Å². The summed E-state index contributed by atoms with van der Waals surface area (Å²) < 4.78 is 31.0. The molecule has 0 amide bonds. The lowest BCUT2D eigenvalue weighted by molar-refractivity contribution is 0.280. The highest BCUT2D eigenvalue weighted by molar-refractivity contribution is 5.27. The van der Waals surface area contributed by atoms with Gasteiger partial charge in [-0.15, -0.1) is 0 Å². The molecule has 0 saturated heterocycles. The second-order valence-electron chi connectivity index (χ2n) is 3.21. The van der Waals surface area contributed by atoms with Crippen LogP contribution in [0.3, 0.4) is 0 Å². The van der Waals surface area contributed by atoms with Gasteiger partial charge in [0.2, 0.25) is 0 Å². The van der Waals surface area contributed by atoms with Crippen molar-refractivity contribution in [1.29, 1.82) is 0 Å². The lowest BCUT2D eigenvalue weighted by Crippen LogP contribution is -1.96. The summed E-state index contributed by atoms with van der Waals surface area (Å²) in [6, 6.07) is 2.72. The predicted octanol–water partition coefficient (Wildman–Crippen LogP) is 2.04. The number of aliphatic hydroxyl groups excluding tert-OH is 1. The van der Waals surface area contributed by atoms with Gasteiger partial charge in [-0.3, -0.25) is 0 Å². The lowest BCUT2D eigenvalue weighted by Gasteiger charge is -2.04. The van der Waals surface area contributed by atoms with Gasteiger partial charge < -0.3 is 9.84 Å². The molecule has 2 aromatic rings. The molecular weight excluding hydrogens is 230 g/mol. The Labute approximate surface area is 95.5 Å². The molecule has 2 rings (SSSR count). The highest BCUT2D eigenvalue weighted by atomic mass is 19.1. The first-order valence-electron chi connectivity index (χ1n) is 4.73. The Hall–Kier alpha value is -2.08. The van der Waals surface area contributed by atoms with Crippen LogP contribution in [0.15, 0.2) is 30.6 Å². The molecule has 0 spiro atoms. The van der Waals surface area contributed by atoms with Crippen LogP contribution >= 0.6 is 0 Å². The van der Waals surface area contributed by atoms with Crippen molar-refractivity contribution in [2.24, 2.45) is 0 Å². The molecule has 6 heteroatoms. The summed E-state index contributed by atoms with van der Waals surface area (Å²) in [5, 5.41) is 8.77. The molecule has 0 saturated carbocycles. The standard InChI is InChI=1S/C11H8F2N2O2/c12-8-1-2-9(13)10(3-8)17-11-14-4-7(6-16)5-15-11/h1-5,16H,6H2. The maximum absolute atomic E-state index is 13.2. The van der Waals surface area contributed by atoms with Gasteiger partial charge in [0, 0.05) is 24.0 Å². The van der Waals surface area contributed by atoms with E-state index in [1.54, 1.807) is 0 Å². The molecule has 0 aliphatic rings. The fourth-order valence-corrected chi connectivity index (χ4v) is 1.13. The Bertz CT molecular complexity index is 517. The molecule has 0 aliphatic carbocycles. The normalized spacial score (nSPS) is 10.3. The summed E-state index contributed by atoms with van der Waals surface area (Å²) in [4.78, 5) is 7.47. The third-order valence-corrected chi connectivity index (χ3v) is 1.96. The van der Waals surface area contributed by atoms with E-state index in [0.29, 0.717) is 5.56 Å². The first-order chi connectivity index (χ1) is 8.19. The van der Waals surface area contributed by atoms with Gasteiger partial charge in [0.25, 0.3) is 0 Å². The predicted molar refractivity (Wildman–Crippen MR) is 54.4 cm³/mol. The van der Waals surface area contributed by atoms with Gasteiger partial charge in [-0.2, -0.15) is 0 Å². The zero-order valence-corrected chi connectivity index (χ0v) is 8.60. The van der Waals surface area contributed by atoms with Gasteiger partial charge in [0.05, 0.1) is 6.61 Å². The Morgan fingerprint density at radius 1 is 1.18 bits per heavy atom. The highest BCUT2D eigenvalue weighted by Gasteiger charge is 2.07. The first-order valence-corrected chi connectivity index (χ1v) is 4.73. The SMILES string of the molecule is OCc1cnc(Oc2cc(F)ccc2F)nc1. The van der Waals surface area contributed by atoms with Crippen LogP contribution in [-0.4, -0.2) is 15.1 Å². The smallest absolute Gasteiger partial charge is 0.321 e. The van der Waals surface area contributed by atoms with Crippen LogP contribution in [0.25, 0.3) is 0 Å². The van der Waals surface area contributed by atoms with Gasteiger partial charge in [-0.05, 0) is 12.1 Å². The number of benzene rings is 1. The molecule has 17 heavy (non-hydrogen) atoms. The van der Waals surface area contributed by atoms with Crippen LogP contribution < -0.4 is 4.74 Å². The van der Waals surface area contributed by atoms with E-state index in [4.69, 9.17) is 9.84 Å². The Morgan fingerprint density at radius 3 is 2.53 bits per heavy atom. The van der Waals surface area contributed by atoms with Crippen LogP contribution in [-0.2, 0) is 6.61 Å². The van der Waals surface area contributed by atoms with E-state index in [1.165, 1.54) is 12.4 Å². The molecule has 0 unspecified atom stereocenters. The molecule has 0 aliphatic heterocycles. The van der Waals surface area contributed by atoms with Crippen molar-refractivity contribution in [3.05, 3.63) is 47.8 Å². The maximum Gasteiger partial charge on any atom is 0.321 e. The quantitative estimate of drug-likeness (QED) is 0.889. The molecule has 0 radical (unpaired) electrons. The van der Waals surface area contributed by atoms with Crippen molar-refractivity contribution in [2.75, 3.05) is 0 Å². The van der Waals surface area contributed by atoms with Crippen molar-refractivity contribution in [2.45, 2.75) is 6.61 Å². The summed E-state index contributed by atoms with van der Waals surface area (Å²) >= 11 is 0. The third kappa shape index (κ3) is 2.73. The molecular formula is C11H8F2N2O2. The van der Waals surface area contributed by atoms with Crippen LogP contribution in [0, 0.1) is 11.6 Å². The van der Waals surface area contributed by atoms with E-state index in [1.807, 2.05) is 0 Å². The zero-order valence-electron chi connectivity index (χ0n) is 8.60. The van der Waals surface area contributed by atoms with Gasteiger partial charge >= 0.3 is 6.01 Å². The second-order valence-corrected chi connectivity index (χ2v) is 3.21. The molecule has 1 N–H and O–H groups in total. The van der Waals surface area contributed by atoms with Crippen molar-refractivity contribution in [1.82, 2.24) is 9.97 Å². The highest BCUT2D eigenvalue weighted by Crippen LogP contribution is 2.22. The Balaban J connectivity index is 2.22. The van der Waals surface area contributed by atoms with Gasteiger partial charge in [-0.1, -0.05) is 0 Å². The topological polar surface area (TPSA) is 55.2 Å². The molecule has 0 bridgehead atoms. The fraction of sp³-hybridized carbons (Fsp3) is 0.0909. The fourth-order valence-electron chi connectivity index (χ4n) is 1.13. The van der Waals surface area contributed by atoms with Crippen molar-refractivity contribution in [3.63, 3.8) is 0 Å². The van der Waals surface area contributed by atoms with Crippen molar-refractivity contribution in [3.8, 4) is 11.8 Å². The van der Waals surface area contributed by atoms with E-state index in [2.05, 4.69) is 9.97 Å². The number of ether oxygens (including phenoxy) is 1. The summed E-state index contributed by atoms with van der Waals surface area (Å²) in [5.74, 6) is -1.61. The van der Waals surface area contributed by atoms with E-state index >= 15 is 0 Å². The average molecular weight is 238 g/mol. The number of aromatic nitrogens is 2. The minimum atomic E-state index is -0.707. The van der Waals surface area contributed by atoms with Crippen LogP contribution in [0.1, 0.15) is 5.56 Å². The maximum atomic E-state index is 13.2. The average Bonchev–Trinajstić information content (AvgIpc) is 2.35. The van der Waals surface area contributed by atoms with E-state index in [9.17, 15) is 8.78 Å². The number of nitrogens with zero attached hydrogens (tertiary/aromatic N) is 2. The number of hydrogen-bond acceptors (Lipinski definition) is 4. The number of rotatable bonds is 3. The number of halogens is 2. The molecule has 0 fully saturated rings. The Kier molecular flexibility index (Phi) is 3.24. The molecule has 88 valence electrons. The molecule has 4 nitrogen and oxygen atoms in total.